The first kappa shape index (κ1) is 31.8. The van der Waals surface area contributed by atoms with Crippen molar-refractivity contribution >= 4 is 51.1 Å². The number of unbranched alkanes of at least 4 members (excludes halogenated alkanes) is 3. The van der Waals surface area contributed by atoms with E-state index in [9.17, 15) is 22.8 Å². The Bertz CT molecular complexity index is 714. The first-order valence-corrected chi connectivity index (χ1v) is 11.2. The summed E-state index contributed by atoms with van der Waals surface area (Å²) in [6.45, 7) is 11.0. The first-order chi connectivity index (χ1) is 13.8. The lowest BCUT2D eigenvalue weighted by Gasteiger charge is -2.29. The summed E-state index contributed by atoms with van der Waals surface area (Å²) in [5.41, 5.74) is -1.05. The molecule has 0 aliphatic heterocycles. The Labute approximate surface area is 200 Å². The van der Waals surface area contributed by atoms with Crippen LogP contribution < -0.4 is 0 Å². The predicted octanol–water partition coefficient (Wildman–Crippen LogP) is 1.70. The Morgan fingerprint density at radius 1 is 0.871 bits per heavy atom. The lowest BCUT2D eigenvalue weighted by molar-refractivity contribution is -0.170. The fraction of sp³-hybridized carbons (Fsp3) is 0.650. The quantitative estimate of drug-likeness (QED) is 0.0939. The van der Waals surface area contributed by atoms with Gasteiger partial charge in [0.1, 0.15) is 18.6 Å². The lowest BCUT2D eigenvalue weighted by atomic mass is 9.87. The van der Waals surface area contributed by atoms with Crippen LogP contribution in [0.1, 0.15) is 52.9 Å². The summed E-state index contributed by atoms with van der Waals surface area (Å²) < 4.78 is 45.6. The molecule has 0 aliphatic carbocycles. The number of esters is 3. The molecule has 0 spiro atoms. The number of rotatable bonds is 15. The third-order valence-electron chi connectivity index (χ3n) is 4.30. The number of hydrogen-bond acceptors (Lipinski definition) is 8. The summed E-state index contributed by atoms with van der Waals surface area (Å²) in [4.78, 5) is 36.2. The van der Waals surface area contributed by atoms with Crippen LogP contribution in [-0.2, 0) is 38.7 Å². The molecule has 0 atom stereocenters. The van der Waals surface area contributed by atoms with Crippen LogP contribution in [0.15, 0.2) is 24.3 Å². The molecule has 9 nitrogen and oxygen atoms in total. The van der Waals surface area contributed by atoms with Crippen molar-refractivity contribution < 1.29 is 41.6 Å². The summed E-state index contributed by atoms with van der Waals surface area (Å²) >= 11 is 0. The van der Waals surface area contributed by atoms with Crippen molar-refractivity contribution in [1.82, 2.24) is 0 Å². The largest absolute Gasteiger partial charge is 0.465 e. The monoisotopic (exact) mass is 474 g/mol. The summed E-state index contributed by atoms with van der Waals surface area (Å²) in [6, 6.07) is 0. The highest BCUT2D eigenvalue weighted by Crippen LogP contribution is 2.26. The topological polar surface area (TPSA) is 133 Å². The van der Waals surface area contributed by atoms with E-state index in [0.717, 1.165) is 0 Å². The van der Waals surface area contributed by atoms with Crippen molar-refractivity contribution in [1.29, 1.82) is 0 Å². The molecular formula is C20H34MgO9S. The van der Waals surface area contributed by atoms with Gasteiger partial charge in [0.05, 0.1) is 12.4 Å². The van der Waals surface area contributed by atoms with Gasteiger partial charge in [-0.15, -0.1) is 0 Å². The number of hydrogen-bond donors (Lipinski definition) is 1. The highest BCUT2D eigenvalue weighted by Gasteiger charge is 2.42. The first-order valence-electron chi connectivity index (χ1n) is 9.62. The second-order valence-electron chi connectivity index (χ2n) is 7.18. The minimum atomic E-state index is -3.97. The van der Waals surface area contributed by atoms with E-state index < -0.39 is 33.4 Å². The standard InChI is InChI=1S/C20H32O9S.Mg.2H/c1-6-20(13-28-17(21)15(2)3,14-29-18(22)16(4)5)19(23)27-11-9-7-8-10-12-30(24,25)26;;;/h2,4,6-14H2,1,3,5H3,(H,24,25,26);;;. The third kappa shape index (κ3) is 13.6. The van der Waals surface area contributed by atoms with Crippen molar-refractivity contribution in [2.45, 2.75) is 52.9 Å². The van der Waals surface area contributed by atoms with Crippen molar-refractivity contribution in [2.24, 2.45) is 5.41 Å². The van der Waals surface area contributed by atoms with Crippen LogP contribution in [0.5, 0.6) is 0 Å². The van der Waals surface area contributed by atoms with Crippen molar-refractivity contribution in [3.8, 4) is 0 Å². The SMILES string of the molecule is C=C(C)C(=O)OCC(CC)(COC(=O)C(=C)C)C(=O)OCCCCCCS(=O)(=O)O.[MgH2]. The highest BCUT2D eigenvalue weighted by atomic mass is 32.2. The summed E-state index contributed by atoms with van der Waals surface area (Å²) in [5.74, 6) is -2.34. The van der Waals surface area contributed by atoms with Gasteiger partial charge in [-0.25, -0.2) is 9.59 Å². The third-order valence-corrected chi connectivity index (χ3v) is 5.10. The van der Waals surface area contributed by atoms with Crippen LogP contribution in [-0.4, -0.2) is 79.5 Å². The van der Waals surface area contributed by atoms with Gasteiger partial charge >= 0.3 is 41.0 Å². The fourth-order valence-corrected chi connectivity index (χ4v) is 2.79. The van der Waals surface area contributed by atoms with Crippen molar-refractivity contribution in [3.05, 3.63) is 24.3 Å². The fourth-order valence-electron chi connectivity index (χ4n) is 2.22. The second kappa shape index (κ2) is 15.4. The molecule has 176 valence electrons. The van der Waals surface area contributed by atoms with E-state index in [4.69, 9.17) is 18.8 Å². The van der Waals surface area contributed by atoms with E-state index in [0.29, 0.717) is 25.7 Å². The van der Waals surface area contributed by atoms with Crippen LogP contribution in [0.4, 0.5) is 0 Å². The van der Waals surface area contributed by atoms with Crippen LogP contribution in [0, 0.1) is 5.41 Å². The van der Waals surface area contributed by atoms with E-state index in [2.05, 4.69) is 13.2 Å². The minimum Gasteiger partial charge on any atom is -0.465 e. The average molecular weight is 475 g/mol. The Balaban J connectivity index is 0. The van der Waals surface area contributed by atoms with Crippen LogP contribution >= 0.6 is 0 Å². The maximum absolute atomic E-state index is 12.7. The van der Waals surface area contributed by atoms with E-state index >= 15 is 0 Å². The number of ether oxygens (including phenoxy) is 3. The highest BCUT2D eigenvalue weighted by molar-refractivity contribution is 7.85. The molecule has 1 N–H and O–H groups in total. The maximum Gasteiger partial charge on any atom is 0.333 e. The zero-order valence-electron chi connectivity index (χ0n) is 17.9. The van der Waals surface area contributed by atoms with Gasteiger partial charge in [0.25, 0.3) is 10.1 Å². The van der Waals surface area contributed by atoms with E-state index in [1.165, 1.54) is 13.8 Å². The van der Waals surface area contributed by atoms with Crippen molar-refractivity contribution in [3.63, 3.8) is 0 Å². The van der Waals surface area contributed by atoms with Crippen LogP contribution in [0.25, 0.3) is 0 Å². The summed E-state index contributed by atoms with van der Waals surface area (Å²) in [7, 11) is -3.97. The van der Waals surface area contributed by atoms with Crippen LogP contribution in [0.3, 0.4) is 0 Å². The molecule has 0 heterocycles. The normalized spacial score (nSPS) is 11.1. The van der Waals surface area contributed by atoms with Gasteiger partial charge in [-0.2, -0.15) is 8.42 Å². The molecule has 0 fully saturated rings. The van der Waals surface area contributed by atoms with Gasteiger partial charge in [-0.3, -0.25) is 9.35 Å². The predicted molar refractivity (Wildman–Crippen MR) is 119 cm³/mol. The zero-order valence-corrected chi connectivity index (χ0v) is 18.7. The van der Waals surface area contributed by atoms with Crippen molar-refractivity contribution in [2.75, 3.05) is 25.6 Å². The molecule has 0 rings (SSSR count). The second-order valence-corrected chi connectivity index (χ2v) is 8.76. The Kier molecular flexibility index (Phi) is 15.8. The van der Waals surface area contributed by atoms with Gasteiger partial charge in [0, 0.05) is 11.1 Å². The molecule has 0 amide bonds. The number of carbonyl (C=O) groups excluding carboxylic acids is 3. The molecule has 0 aromatic rings. The lowest BCUT2D eigenvalue weighted by Crippen LogP contribution is -2.42. The molecule has 0 aromatic heterocycles. The Morgan fingerprint density at radius 3 is 1.71 bits per heavy atom. The molecule has 0 unspecified atom stereocenters. The van der Waals surface area contributed by atoms with Crippen LogP contribution in [0.2, 0.25) is 0 Å². The molecule has 0 saturated heterocycles. The maximum atomic E-state index is 12.7. The van der Waals surface area contributed by atoms with Gasteiger partial charge in [-0.1, -0.05) is 32.9 Å². The van der Waals surface area contributed by atoms with Gasteiger partial charge in [0.2, 0.25) is 0 Å². The average Bonchev–Trinajstić information content (AvgIpc) is 2.65. The molecule has 31 heavy (non-hydrogen) atoms. The Morgan fingerprint density at radius 2 is 1.32 bits per heavy atom. The molecule has 0 aliphatic rings. The smallest absolute Gasteiger partial charge is 0.333 e. The molecule has 11 heteroatoms. The van der Waals surface area contributed by atoms with E-state index in [1.807, 2.05) is 0 Å². The molecule has 0 aromatic carbocycles. The molecular weight excluding hydrogens is 441 g/mol. The van der Waals surface area contributed by atoms with Gasteiger partial charge in [-0.05, 0) is 33.1 Å². The zero-order chi connectivity index (χ0) is 23.4. The van der Waals surface area contributed by atoms with E-state index in [-0.39, 0.29) is 66.2 Å². The molecule has 0 bridgehead atoms. The Hall–Kier alpha value is -1.43. The summed E-state index contributed by atoms with van der Waals surface area (Å²) in [6.07, 6.45) is 2.11. The molecule has 0 radical (unpaired) electrons. The van der Waals surface area contributed by atoms with Gasteiger partial charge in [0.15, 0.2) is 0 Å². The number of carbonyl (C=O) groups is 3. The minimum absolute atomic E-state index is 0. The summed E-state index contributed by atoms with van der Waals surface area (Å²) in [5, 5.41) is 0. The van der Waals surface area contributed by atoms with Gasteiger partial charge < -0.3 is 14.2 Å². The van der Waals surface area contributed by atoms with E-state index in [1.54, 1.807) is 6.92 Å². The molecule has 0 saturated carbocycles.